The molecule has 0 saturated carbocycles. The van der Waals surface area contributed by atoms with Gasteiger partial charge in [-0.1, -0.05) is 0 Å². The lowest BCUT2D eigenvalue weighted by molar-refractivity contribution is 1.20. The van der Waals surface area contributed by atoms with Gasteiger partial charge in [-0.05, 0) is 4.99 Å². The monoisotopic (exact) mass is 149 g/mol. The first-order valence-electron chi connectivity index (χ1n) is 2.92. The van der Waals surface area contributed by atoms with Crippen LogP contribution in [0.4, 0.5) is 23.3 Å². The summed E-state index contributed by atoms with van der Waals surface area (Å²) in [5, 5.41) is 2.65. The lowest BCUT2D eigenvalue weighted by atomic mass is 10.4. The van der Waals surface area contributed by atoms with Gasteiger partial charge in [-0.3, -0.25) is 0 Å². The first kappa shape index (κ1) is 5.82. The van der Waals surface area contributed by atoms with Gasteiger partial charge in [-0.2, -0.15) is 10.3 Å². The zero-order valence-corrected chi connectivity index (χ0v) is 5.50. The zero-order chi connectivity index (χ0) is 7.84. The molecule has 0 amide bonds. The molecule has 2 rings (SSSR count). The van der Waals surface area contributed by atoms with Crippen molar-refractivity contribution in [3.05, 3.63) is 0 Å². The summed E-state index contributed by atoms with van der Waals surface area (Å²) >= 11 is 0. The average molecular weight is 149 g/mol. The van der Waals surface area contributed by atoms with Crippen molar-refractivity contribution in [3.8, 4) is 0 Å². The molecule has 0 aliphatic carbocycles. The molecule has 2 heterocycles. The fourth-order valence-electron chi connectivity index (χ4n) is 0.824. The van der Waals surface area contributed by atoms with Crippen LogP contribution in [0, 0.1) is 0 Å². The average Bonchev–Trinajstić information content (AvgIpc) is 2.34. The molecule has 5 N–H and O–H groups in total. The van der Waals surface area contributed by atoms with E-state index in [1.165, 1.54) is 0 Å². The van der Waals surface area contributed by atoms with Crippen LogP contribution in [0.1, 0.15) is 0 Å². The molecular formula is C5H5N6+. The molecule has 1 aromatic heterocycles. The van der Waals surface area contributed by atoms with Gasteiger partial charge in [0.25, 0.3) is 6.34 Å². The minimum atomic E-state index is 0.132. The second kappa shape index (κ2) is 1.77. The van der Waals surface area contributed by atoms with E-state index >= 15 is 0 Å². The molecule has 6 heteroatoms. The van der Waals surface area contributed by atoms with Crippen LogP contribution in [0.15, 0.2) is 4.99 Å². The topological polar surface area (TPSA) is 102 Å². The molecule has 1 aliphatic heterocycles. The number of aromatic nitrogens is 2. The molecule has 54 valence electrons. The van der Waals surface area contributed by atoms with Crippen LogP contribution in [0.5, 0.6) is 0 Å². The SMILES string of the molecule is Nc1nc(N)c2c(n1)N[C+]=N2. The Bertz CT molecular complexity index is 330. The number of rotatable bonds is 0. The van der Waals surface area contributed by atoms with Crippen molar-refractivity contribution in [2.45, 2.75) is 0 Å². The van der Waals surface area contributed by atoms with E-state index in [0.29, 0.717) is 11.5 Å². The van der Waals surface area contributed by atoms with E-state index in [1.54, 1.807) is 0 Å². The summed E-state index contributed by atoms with van der Waals surface area (Å²) < 4.78 is 0. The molecular weight excluding hydrogens is 144 g/mol. The molecule has 6 nitrogen and oxygen atoms in total. The van der Waals surface area contributed by atoms with E-state index in [-0.39, 0.29) is 11.8 Å². The van der Waals surface area contributed by atoms with Gasteiger partial charge >= 0.3 is 11.5 Å². The maximum atomic E-state index is 5.47. The summed E-state index contributed by atoms with van der Waals surface area (Å²) in [4.78, 5) is 11.3. The van der Waals surface area contributed by atoms with Crippen LogP contribution >= 0.6 is 0 Å². The van der Waals surface area contributed by atoms with E-state index < -0.39 is 0 Å². The minimum Gasteiger partial charge on any atom is -0.369 e. The van der Waals surface area contributed by atoms with Crippen molar-refractivity contribution in [3.63, 3.8) is 0 Å². The van der Waals surface area contributed by atoms with Crippen LogP contribution in [0.25, 0.3) is 0 Å². The fourth-order valence-corrected chi connectivity index (χ4v) is 0.824. The predicted octanol–water partition coefficient (Wildman–Crippen LogP) is -0.397. The Labute approximate surface area is 62.4 Å². The Balaban J connectivity index is 2.67. The molecule has 0 radical (unpaired) electrons. The van der Waals surface area contributed by atoms with Crippen molar-refractivity contribution in [2.24, 2.45) is 4.99 Å². The molecule has 0 atom stereocenters. The third-order valence-electron chi connectivity index (χ3n) is 1.27. The highest BCUT2D eigenvalue weighted by Crippen LogP contribution is 2.31. The van der Waals surface area contributed by atoms with Crippen molar-refractivity contribution in [1.82, 2.24) is 9.97 Å². The van der Waals surface area contributed by atoms with E-state index in [9.17, 15) is 0 Å². The second-order valence-corrected chi connectivity index (χ2v) is 2.01. The molecule has 0 fully saturated rings. The molecule has 0 unspecified atom stereocenters. The lowest BCUT2D eigenvalue weighted by Gasteiger charge is -1.91. The van der Waals surface area contributed by atoms with Crippen molar-refractivity contribution in [1.29, 1.82) is 0 Å². The summed E-state index contributed by atoms with van der Waals surface area (Å²) in [6.07, 6.45) is 2.49. The van der Waals surface area contributed by atoms with Crippen molar-refractivity contribution < 1.29 is 0 Å². The number of fused-ring (bicyclic) bond motifs is 1. The van der Waals surface area contributed by atoms with E-state index in [1.807, 2.05) is 0 Å². The number of anilines is 3. The third-order valence-corrected chi connectivity index (χ3v) is 1.27. The van der Waals surface area contributed by atoms with Crippen molar-refractivity contribution >= 4 is 29.6 Å². The number of nitrogens with zero attached hydrogens (tertiary/aromatic N) is 3. The molecule has 0 bridgehead atoms. The summed E-state index contributed by atoms with van der Waals surface area (Å²) in [6, 6.07) is 0. The highest BCUT2D eigenvalue weighted by atomic mass is 15.2. The van der Waals surface area contributed by atoms with Gasteiger partial charge in [-0.25, -0.2) is 0 Å². The normalized spacial score (nSPS) is 12.0. The first-order chi connectivity index (χ1) is 5.27. The van der Waals surface area contributed by atoms with E-state index in [4.69, 9.17) is 11.5 Å². The van der Waals surface area contributed by atoms with E-state index in [2.05, 4.69) is 26.6 Å². The van der Waals surface area contributed by atoms with Gasteiger partial charge in [0, 0.05) is 0 Å². The Hall–Kier alpha value is -1.94. The minimum absolute atomic E-state index is 0.132. The molecule has 0 saturated heterocycles. The summed E-state index contributed by atoms with van der Waals surface area (Å²) in [7, 11) is 0. The number of nitrogens with one attached hydrogen (secondary N) is 1. The molecule has 1 aliphatic rings. The predicted molar refractivity (Wildman–Crippen MR) is 41.6 cm³/mol. The van der Waals surface area contributed by atoms with Crippen molar-refractivity contribution in [2.75, 3.05) is 16.8 Å². The molecule has 0 aromatic carbocycles. The van der Waals surface area contributed by atoms with Crippen LogP contribution in [-0.4, -0.2) is 16.3 Å². The summed E-state index contributed by atoms with van der Waals surface area (Å²) in [5.41, 5.74) is 11.3. The lowest BCUT2D eigenvalue weighted by Crippen LogP contribution is -2.01. The van der Waals surface area contributed by atoms with Crippen LogP contribution in [0.2, 0.25) is 0 Å². The van der Waals surface area contributed by atoms with Gasteiger partial charge in [-0.15, -0.1) is 4.98 Å². The molecule has 11 heavy (non-hydrogen) atoms. The Morgan fingerprint density at radius 1 is 1.27 bits per heavy atom. The Kier molecular flexibility index (Phi) is 0.936. The van der Waals surface area contributed by atoms with Crippen LogP contribution < -0.4 is 16.8 Å². The number of hydrogen-bond acceptors (Lipinski definition) is 6. The maximum Gasteiger partial charge on any atom is 0.322 e. The Morgan fingerprint density at radius 3 is 2.91 bits per heavy atom. The molecule has 1 aromatic rings. The van der Waals surface area contributed by atoms with Gasteiger partial charge in [0.15, 0.2) is 0 Å². The highest BCUT2D eigenvalue weighted by Gasteiger charge is 2.25. The maximum absolute atomic E-state index is 5.47. The number of aliphatic imine (C=N–C) groups is 1. The van der Waals surface area contributed by atoms with Gasteiger partial charge in [0.1, 0.15) is 0 Å². The quantitative estimate of drug-likeness (QED) is 0.436. The van der Waals surface area contributed by atoms with Crippen LogP contribution in [0.3, 0.4) is 0 Å². The number of nitrogens with two attached hydrogens (primary N) is 2. The summed E-state index contributed by atoms with van der Waals surface area (Å²) in [5.74, 6) is 0.910. The molecule has 0 spiro atoms. The second-order valence-electron chi connectivity index (χ2n) is 2.01. The van der Waals surface area contributed by atoms with E-state index in [0.717, 1.165) is 0 Å². The standard InChI is InChI=1S/C5H5N6/c6-3-2-4(9-1-8-2)11-5(7)10-3/h(H5,6,7,8,9,10,11)/q+1. The summed E-state index contributed by atoms with van der Waals surface area (Å²) in [6.45, 7) is 0. The van der Waals surface area contributed by atoms with Gasteiger partial charge < -0.3 is 11.5 Å². The van der Waals surface area contributed by atoms with Gasteiger partial charge in [0.05, 0.1) is 0 Å². The number of nitrogen functional groups attached to an aromatic ring is 2. The fraction of sp³-hybridized carbons (Fsp3) is 0. The largest absolute Gasteiger partial charge is 0.369 e. The zero-order valence-electron chi connectivity index (χ0n) is 5.50. The Morgan fingerprint density at radius 2 is 2.09 bits per heavy atom. The third kappa shape index (κ3) is 0.736. The highest BCUT2D eigenvalue weighted by molar-refractivity contribution is 5.92. The van der Waals surface area contributed by atoms with Gasteiger partial charge in [0.2, 0.25) is 11.8 Å². The number of hydrogen-bond donors (Lipinski definition) is 3. The smallest absolute Gasteiger partial charge is 0.322 e. The van der Waals surface area contributed by atoms with Crippen LogP contribution in [-0.2, 0) is 0 Å². The first-order valence-corrected chi connectivity index (χ1v) is 2.92.